The Morgan fingerprint density at radius 2 is 2.07 bits per heavy atom. The number of carboxylic acids is 2. The van der Waals surface area contributed by atoms with Gasteiger partial charge in [0, 0.05) is 18.9 Å². The molecule has 1 unspecified atom stereocenters. The van der Waals surface area contributed by atoms with Gasteiger partial charge >= 0.3 is 11.9 Å². The topological polar surface area (TPSA) is 110 Å². The molecule has 4 N–H and O–H groups in total. The number of rotatable bonds is 5. The van der Waals surface area contributed by atoms with Crippen molar-refractivity contribution in [3.63, 3.8) is 0 Å². The third-order valence-corrected chi connectivity index (χ3v) is 2.57. The van der Waals surface area contributed by atoms with Crippen LogP contribution < -0.4 is 5.73 Å². The van der Waals surface area contributed by atoms with Crippen LogP contribution in [0.25, 0.3) is 0 Å². The Bertz CT molecular complexity index is 254. The van der Waals surface area contributed by atoms with Gasteiger partial charge in [-0.1, -0.05) is 0 Å². The number of hydrogen-bond donors (Lipinski definition) is 3. The van der Waals surface area contributed by atoms with E-state index in [0.717, 1.165) is 0 Å². The normalized spacial score (nSPS) is 32.3. The molecule has 0 aliphatic heterocycles. The summed E-state index contributed by atoms with van der Waals surface area (Å²) in [5.74, 6) is -3.64. The van der Waals surface area contributed by atoms with Crippen LogP contribution in [-0.4, -0.2) is 41.9 Å². The maximum Gasteiger partial charge on any atom is 0.320 e. The summed E-state index contributed by atoms with van der Waals surface area (Å²) < 4.78 is 4.79. The standard InChI is InChI=1S/C8H13NO5/c1-14-2-3-4(5(3)7(10)11)6(9)8(12)13/h3-6H,2,9H2,1H3,(H,10,11)(H,12,13)/t3?,4-,5+,6+/m1/s1. The fraction of sp³-hybridized carbons (Fsp3) is 0.750. The molecule has 4 atom stereocenters. The van der Waals surface area contributed by atoms with Crippen LogP contribution in [0.5, 0.6) is 0 Å². The van der Waals surface area contributed by atoms with Gasteiger partial charge in [0.2, 0.25) is 0 Å². The first-order valence-electron chi connectivity index (χ1n) is 4.20. The Kier molecular flexibility index (Phi) is 3.07. The van der Waals surface area contributed by atoms with E-state index in [9.17, 15) is 9.59 Å². The molecule has 1 aliphatic carbocycles. The fourth-order valence-corrected chi connectivity index (χ4v) is 1.81. The van der Waals surface area contributed by atoms with E-state index in [0.29, 0.717) is 0 Å². The van der Waals surface area contributed by atoms with Crippen LogP contribution in [0.2, 0.25) is 0 Å². The van der Waals surface area contributed by atoms with Crippen molar-refractivity contribution in [2.24, 2.45) is 23.5 Å². The predicted octanol–water partition coefficient (Wildman–Crippen LogP) is -1.01. The Morgan fingerprint density at radius 1 is 1.50 bits per heavy atom. The summed E-state index contributed by atoms with van der Waals surface area (Å²) in [6, 6.07) is -1.11. The molecule has 0 amide bonds. The zero-order valence-electron chi connectivity index (χ0n) is 7.71. The van der Waals surface area contributed by atoms with Gasteiger partial charge in [0.25, 0.3) is 0 Å². The van der Waals surface area contributed by atoms with E-state index >= 15 is 0 Å². The van der Waals surface area contributed by atoms with E-state index in [2.05, 4.69) is 0 Å². The van der Waals surface area contributed by atoms with E-state index in [1.54, 1.807) is 0 Å². The average molecular weight is 203 g/mol. The third-order valence-electron chi connectivity index (χ3n) is 2.57. The number of hydrogen-bond acceptors (Lipinski definition) is 4. The highest BCUT2D eigenvalue weighted by molar-refractivity contribution is 5.80. The van der Waals surface area contributed by atoms with Crippen molar-refractivity contribution < 1.29 is 24.5 Å². The van der Waals surface area contributed by atoms with Crippen LogP contribution in [0.4, 0.5) is 0 Å². The molecule has 0 aromatic carbocycles. The summed E-state index contributed by atoms with van der Waals surface area (Å²) in [6.45, 7) is 0.239. The van der Waals surface area contributed by atoms with Crippen molar-refractivity contribution >= 4 is 11.9 Å². The molecule has 0 saturated heterocycles. The van der Waals surface area contributed by atoms with Gasteiger partial charge in [-0.2, -0.15) is 0 Å². The summed E-state index contributed by atoms with van der Waals surface area (Å²) in [5.41, 5.74) is 5.35. The molecule has 1 aliphatic rings. The molecule has 14 heavy (non-hydrogen) atoms. The summed E-state index contributed by atoms with van der Waals surface area (Å²) in [6.07, 6.45) is 0. The van der Waals surface area contributed by atoms with Gasteiger partial charge in [-0.15, -0.1) is 0 Å². The molecule has 80 valence electrons. The van der Waals surface area contributed by atoms with Gasteiger partial charge in [0.15, 0.2) is 0 Å². The Morgan fingerprint density at radius 3 is 2.43 bits per heavy atom. The number of carboxylic acid groups (broad SMARTS) is 2. The molecule has 1 rings (SSSR count). The second-order valence-electron chi connectivity index (χ2n) is 3.42. The number of nitrogens with two attached hydrogens (primary N) is 1. The fourth-order valence-electron chi connectivity index (χ4n) is 1.81. The first kappa shape index (κ1) is 10.9. The van der Waals surface area contributed by atoms with Crippen molar-refractivity contribution in [3.8, 4) is 0 Å². The smallest absolute Gasteiger partial charge is 0.320 e. The molecule has 1 fully saturated rings. The SMILES string of the molecule is COCC1[C@@H]([C@H](N)C(=O)O)[C@H]1C(=O)O. The van der Waals surface area contributed by atoms with Crippen molar-refractivity contribution in [1.82, 2.24) is 0 Å². The highest BCUT2D eigenvalue weighted by atomic mass is 16.5. The van der Waals surface area contributed by atoms with Crippen molar-refractivity contribution in [1.29, 1.82) is 0 Å². The Balaban J connectivity index is 2.62. The van der Waals surface area contributed by atoms with Gasteiger partial charge in [0.1, 0.15) is 6.04 Å². The lowest BCUT2D eigenvalue weighted by Crippen LogP contribution is -2.34. The molecule has 0 radical (unpaired) electrons. The van der Waals surface area contributed by atoms with E-state index in [1.807, 2.05) is 0 Å². The van der Waals surface area contributed by atoms with Gasteiger partial charge in [0.05, 0.1) is 12.5 Å². The molecule has 0 aromatic heterocycles. The van der Waals surface area contributed by atoms with Crippen LogP contribution >= 0.6 is 0 Å². The van der Waals surface area contributed by atoms with E-state index < -0.39 is 29.8 Å². The summed E-state index contributed by atoms with van der Waals surface area (Å²) in [4.78, 5) is 21.2. The molecular weight excluding hydrogens is 190 g/mol. The van der Waals surface area contributed by atoms with E-state index in [1.165, 1.54) is 7.11 Å². The second kappa shape index (κ2) is 3.93. The van der Waals surface area contributed by atoms with Gasteiger partial charge in [-0.25, -0.2) is 0 Å². The summed E-state index contributed by atoms with van der Waals surface area (Å²) in [5, 5.41) is 17.4. The maximum absolute atomic E-state index is 10.7. The zero-order valence-corrected chi connectivity index (χ0v) is 7.71. The number of aliphatic carboxylic acids is 2. The third kappa shape index (κ3) is 1.85. The minimum atomic E-state index is -1.17. The predicted molar refractivity (Wildman–Crippen MR) is 45.6 cm³/mol. The molecule has 0 heterocycles. The quantitative estimate of drug-likeness (QED) is 0.528. The zero-order chi connectivity index (χ0) is 10.9. The first-order chi connectivity index (χ1) is 6.50. The lowest BCUT2D eigenvalue weighted by Gasteiger charge is -2.03. The van der Waals surface area contributed by atoms with E-state index in [-0.39, 0.29) is 12.5 Å². The first-order valence-corrected chi connectivity index (χ1v) is 4.20. The molecule has 1 saturated carbocycles. The largest absolute Gasteiger partial charge is 0.481 e. The Labute approximate surface area is 80.7 Å². The Hall–Kier alpha value is -1.14. The lowest BCUT2D eigenvalue weighted by molar-refractivity contribution is -0.140. The average Bonchev–Trinajstić information content (AvgIpc) is 2.78. The molecule has 0 bridgehead atoms. The maximum atomic E-state index is 10.7. The molecule has 6 heteroatoms. The summed E-state index contributed by atoms with van der Waals surface area (Å²) >= 11 is 0. The highest BCUT2D eigenvalue weighted by Crippen LogP contribution is 2.48. The van der Waals surface area contributed by atoms with Crippen LogP contribution in [0.1, 0.15) is 0 Å². The van der Waals surface area contributed by atoms with Crippen LogP contribution in [0.15, 0.2) is 0 Å². The number of methoxy groups -OCH3 is 1. The minimum absolute atomic E-state index is 0.239. The molecule has 0 aromatic rings. The van der Waals surface area contributed by atoms with Crippen LogP contribution in [-0.2, 0) is 14.3 Å². The molecular formula is C8H13NO5. The van der Waals surface area contributed by atoms with Gasteiger partial charge in [-0.3, -0.25) is 9.59 Å². The number of ether oxygens (including phenoxy) is 1. The lowest BCUT2D eigenvalue weighted by atomic mass is 10.1. The van der Waals surface area contributed by atoms with Crippen LogP contribution in [0.3, 0.4) is 0 Å². The number of carbonyl (C=O) groups is 2. The monoisotopic (exact) mass is 203 g/mol. The van der Waals surface area contributed by atoms with Crippen molar-refractivity contribution in [3.05, 3.63) is 0 Å². The van der Waals surface area contributed by atoms with Crippen molar-refractivity contribution in [2.75, 3.05) is 13.7 Å². The second-order valence-corrected chi connectivity index (χ2v) is 3.42. The molecule has 6 nitrogen and oxygen atoms in total. The van der Waals surface area contributed by atoms with Gasteiger partial charge < -0.3 is 20.7 Å². The van der Waals surface area contributed by atoms with Crippen LogP contribution in [0, 0.1) is 17.8 Å². The van der Waals surface area contributed by atoms with E-state index in [4.69, 9.17) is 20.7 Å². The van der Waals surface area contributed by atoms with Gasteiger partial charge in [-0.05, 0) is 0 Å². The van der Waals surface area contributed by atoms with Crippen molar-refractivity contribution in [2.45, 2.75) is 6.04 Å². The minimum Gasteiger partial charge on any atom is -0.481 e. The highest BCUT2D eigenvalue weighted by Gasteiger charge is 2.59. The summed E-state index contributed by atoms with van der Waals surface area (Å²) in [7, 11) is 1.45. The molecule has 0 spiro atoms.